The summed E-state index contributed by atoms with van der Waals surface area (Å²) in [4.78, 5) is 14.6. The zero-order valence-corrected chi connectivity index (χ0v) is 18.5. The second-order valence-corrected chi connectivity index (χ2v) is 7.77. The van der Waals surface area contributed by atoms with E-state index in [9.17, 15) is 4.79 Å². The van der Waals surface area contributed by atoms with E-state index in [-0.39, 0.29) is 12.5 Å². The molecule has 0 atom stereocenters. The summed E-state index contributed by atoms with van der Waals surface area (Å²) in [6.07, 6.45) is 8.82. The topological polar surface area (TPSA) is 41.6 Å². The minimum atomic E-state index is -1.29. The van der Waals surface area contributed by atoms with Crippen molar-refractivity contribution in [2.45, 2.75) is 45.7 Å². The molecular weight excluding hydrogens is 379 g/mol. The summed E-state index contributed by atoms with van der Waals surface area (Å²) in [5, 5.41) is 3.15. The number of aryl methyl sites for hydroxylation is 2. The number of amides is 1. The molecule has 1 aliphatic heterocycles. The Bertz CT molecular complexity index is 777. The zero-order valence-electron chi connectivity index (χ0n) is 18.5. The third kappa shape index (κ3) is 6.84. The standard InChI is InChI=1S/C25H35FN2O2/c1-5-8-23(9-6-2)30-17-14-27-19-25(26)12-15-28(16-13-25)24(29)22-11-10-20(4)21(7-3)18-22/h5-6,8-11,18,27H,1,7,12-17,19H2,2-4H3/b9-6-,23-8+. The normalized spacial score (nSPS) is 16.7. The van der Waals surface area contributed by atoms with Crippen LogP contribution in [0.4, 0.5) is 4.39 Å². The fourth-order valence-corrected chi connectivity index (χ4v) is 3.64. The maximum absolute atomic E-state index is 15.1. The van der Waals surface area contributed by atoms with E-state index in [2.05, 4.69) is 25.7 Å². The lowest BCUT2D eigenvalue weighted by molar-refractivity contribution is 0.0430. The lowest BCUT2D eigenvalue weighted by Gasteiger charge is -2.36. The van der Waals surface area contributed by atoms with Gasteiger partial charge in [-0.15, -0.1) is 0 Å². The van der Waals surface area contributed by atoms with Crippen molar-refractivity contribution in [2.75, 3.05) is 32.8 Å². The molecule has 1 fully saturated rings. The molecule has 1 N–H and O–H groups in total. The van der Waals surface area contributed by atoms with Crippen LogP contribution in [0.3, 0.4) is 0 Å². The number of carbonyl (C=O) groups is 1. The lowest BCUT2D eigenvalue weighted by atomic mass is 9.92. The number of likely N-dealkylation sites (tertiary alicyclic amines) is 1. The molecule has 0 radical (unpaired) electrons. The Labute approximate surface area is 180 Å². The van der Waals surface area contributed by atoms with Crippen molar-refractivity contribution in [3.8, 4) is 0 Å². The molecule has 0 aliphatic carbocycles. The van der Waals surface area contributed by atoms with Gasteiger partial charge in [-0.1, -0.05) is 31.7 Å². The molecule has 0 spiro atoms. The van der Waals surface area contributed by atoms with E-state index in [0.29, 0.717) is 44.6 Å². The monoisotopic (exact) mass is 414 g/mol. The molecule has 164 valence electrons. The molecule has 5 heteroatoms. The van der Waals surface area contributed by atoms with E-state index in [1.54, 1.807) is 17.1 Å². The van der Waals surface area contributed by atoms with Gasteiger partial charge >= 0.3 is 0 Å². The molecule has 1 saturated heterocycles. The summed E-state index contributed by atoms with van der Waals surface area (Å²) < 4.78 is 20.8. The van der Waals surface area contributed by atoms with E-state index in [0.717, 1.165) is 12.2 Å². The summed E-state index contributed by atoms with van der Waals surface area (Å²) in [6.45, 7) is 11.9. The quantitative estimate of drug-likeness (QED) is 0.341. The number of hydrogen-bond donors (Lipinski definition) is 1. The minimum Gasteiger partial charge on any atom is -0.492 e. The molecule has 30 heavy (non-hydrogen) atoms. The van der Waals surface area contributed by atoms with Gasteiger partial charge in [0.2, 0.25) is 0 Å². The van der Waals surface area contributed by atoms with Gasteiger partial charge in [-0.25, -0.2) is 4.39 Å². The third-order valence-corrected chi connectivity index (χ3v) is 5.53. The van der Waals surface area contributed by atoms with Crippen molar-refractivity contribution in [3.63, 3.8) is 0 Å². The first-order valence-corrected chi connectivity index (χ1v) is 10.8. The summed E-state index contributed by atoms with van der Waals surface area (Å²) >= 11 is 0. The van der Waals surface area contributed by atoms with Crippen LogP contribution in [-0.4, -0.2) is 49.3 Å². The number of nitrogens with one attached hydrogen (secondary N) is 1. The van der Waals surface area contributed by atoms with Crippen LogP contribution in [0.5, 0.6) is 0 Å². The SMILES string of the molecule is C=C/C=C(\C=C/C)OCCNCC1(F)CCN(C(=O)c2ccc(C)c(CC)c2)CC1. The Kier molecular flexibility index (Phi) is 9.31. The third-order valence-electron chi connectivity index (χ3n) is 5.53. The van der Waals surface area contributed by atoms with E-state index in [1.807, 2.05) is 37.3 Å². The van der Waals surface area contributed by atoms with Gasteiger partial charge < -0.3 is 15.0 Å². The highest BCUT2D eigenvalue weighted by Crippen LogP contribution is 2.27. The van der Waals surface area contributed by atoms with Crippen molar-refractivity contribution >= 4 is 5.91 Å². The number of ether oxygens (including phenoxy) is 1. The van der Waals surface area contributed by atoms with Crippen LogP contribution in [0, 0.1) is 6.92 Å². The number of allylic oxidation sites excluding steroid dienone is 4. The average molecular weight is 415 g/mol. The Morgan fingerprint density at radius 1 is 1.37 bits per heavy atom. The van der Waals surface area contributed by atoms with Gasteiger partial charge in [0.25, 0.3) is 5.91 Å². The molecule has 1 heterocycles. The molecule has 0 aromatic heterocycles. The largest absolute Gasteiger partial charge is 0.492 e. The second-order valence-electron chi connectivity index (χ2n) is 7.77. The number of alkyl halides is 1. The molecule has 2 rings (SSSR count). The Morgan fingerprint density at radius 2 is 2.10 bits per heavy atom. The van der Waals surface area contributed by atoms with Gasteiger partial charge in [-0.05, 0) is 55.7 Å². The highest BCUT2D eigenvalue weighted by molar-refractivity contribution is 5.94. The van der Waals surface area contributed by atoms with Crippen molar-refractivity contribution in [1.82, 2.24) is 10.2 Å². The molecule has 0 unspecified atom stereocenters. The smallest absolute Gasteiger partial charge is 0.253 e. The number of hydrogen-bond acceptors (Lipinski definition) is 3. The number of rotatable bonds is 10. The van der Waals surface area contributed by atoms with Gasteiger partial charge in [-0.3, -0.25) is 4.79 Å². The Balaban J connectivity index is 1.78. The van der Waals surface area contributed by atoms with Gasteiger partial charge in [0, 0.05) is 44.6 Å². The molecule has 4 nitrogen and oxygen atoms in total. The van der Waals surface area contributed by atoms with Crippen molar-refractivity contribution in [1.29, 1.82) is 0 Å². The van der Waals surface area contributed by atoms with Crippen molar-refractivity contribution in [2.24, 2.45) is 0 Å². The van der Waals surface area contributed by atoms with Gasteiger partial charge in [0.1, 0.15) is 18.0 Å². The molecule has 0 saturated carbocycles. The highest BCUT2D eigenvalue weighted by atomic mass is 19.1. The van der Waals surface area contributed by atoms with Crippen molar-refractivity contribution in [3.05, 3.63) is 71.5 Å². The predicted molar refractivity (Wildman–Crippen MR) is 121 cm³/mol. The second kappa shape index (κ2) is 11.7. The van der Waals surface area contributed by atoms with Crippen LogP contribution in [0.15, 0.2) is 54.8 Å². The van der Waals surface area contributed by atoms with E-state index < -0.39 is 5.67 Å². The van der Waals surface area contributed by atoms with Crippen molar-refractivity contribution < 1.29 is 13.9 Å². The Morgan fingerprint density at radius 3 is 2.73 bits per heavy atom. The minimum absolute atomic E-state index is 0.00127. The van der Waals surface area contributed by atoms with Gasteiger partial charge in [0.05, 0.1) is 0 Å². The van der Waals surface area contributed by atoms with E-state index in [4.69, 9.17) is 4.74 Å². The average Bonchev–Trinajstić information content (AvgIpc) is 2.74. The van der Waals surface area contributed by atoms with Crippen LogP contribution < -0.4 is 5.32 Å². The number of halogens is 1. The number of carbonyl (C=O) groups excluding carboxylic acids is 1. The molecule has 1 amide bonds. The summed E-state index contributed by atoms with van der Waals surface area (Å²) in [5.74, 6) is 0.733. The predicted octanol–water partition coefficient (Wildman–Crippen LogP) is 4.75. The fraction of sp³-hybridized carbons (Fsp3) is 0.480. The summed E-state index contributed by atoms with van der Waals surface area (Å²) in [7, 11) is 0. The zero-order chi connectivity index (χ0) is 22.0. The maximum Gasteiger partial charge on any atom is 0.253 e. The maximum atomic E-state index is 15.1. The summed E-state index contributed by atoms with van der Waals surface area (Å²) in [5.41, 5.74) is 1.79. The number of piperidine rings is 1. The highest BCUT2D eigenvalue weighted by Gasteiger charge is 2.35. The number of benzene rings is 1. The first-order chi connectivity index (χ1) is 14.4. The van der Waals surface area contributed by atoms with Crippen LogP contribution in [0.1, 0.15) is 48.2 Å². The first-order valence-electron chi connectivity index (χ1n) is 10.8. The molecular formula is C25H35FN2O2. The molecule has 0 bridgehead atoms. The van der Waals surface area contributed by atoms with E-state index >= 15 is 4.39 Å². The van der Waals surface area contributed by atoms with Gasteiger partial charge in [0.15, 0.2) is 0 Å². The van der Waals surface area contributed by atoms with Crippen LogP contribution in [0.2, 0.25) is 0 Å². The lowest BCUT2D eigenvalue weighted by Crippen LogP contribution is -2.49. The first kappa shape index (κ1) is 23.9. The van der Waals surface area contributed by atoms with Crippen LogP contribution in [-0.2, 0) is 11.2 Å². The van der Waals surface area contributed by atoms with Crippen LogP contribution in [0.25, 0.3) is 0 Å². The fourth-order valence-electron chi connectivity index (χ4n) is 3.64. The molecule has 1 aromatic carbocycles. The van der Waals surface area contributed by atoms with E-state index in [1.165, 1.54) is 11.1 Å². The Hall–Kier alpha value is -2.40. The van der Waals surface area contributed by atoms with Gasteiger partial charge in [-0.2, -0.15) is 0 Å². The summed E-state index contributed by atoms with van der Waals surface area (Å²) in [6, 6.07) is 5.84. The molecule has 1 aromatic rings. The number of nitrogens with zero attached hydrogens (tertiary/aromatic N) is 1. The van der Waals surface area contributed by atoms with Crippen LogP contribution >= 0.6 is 0 Å². The molecule has 1 aliphatic rings.